The molecular formula is C15H16N4S. The number of nitrogens with two attached hydrogens (primary N) is 1. The van der Waals surface area contributed by atoms with Gasteiger partial charge in [-0.25, -0.2) is 4.98 Å². The molecule has 0 aliphatic heterocycles. The maximum atomic E-state index is 6.20. The van der Waals surface area contributed by atoms with E-state index in [0.717, 1.165) is 26.7 Å². The highest BCUT2D eigenvalue weighted by Gasteiger charge is 2.18. The summed E-state index contributed by atoms with van der Waals surface area (Å²) in [5.41, 5.74) is 10.4. The summed E-state index contributed by atoms with van der Waals surface area (Å²) in [7, 11) is 1.87. The van der Waals surface area contributed by atoms with Gasteiger partial charge in [-0.3, -0.25) is 4.68 Å². The lowest BCUT2D eigenvalue weighted by Crippen LogP contribution is -1.97. The second-order valence-electron chi connectivity index (χ2n) is 4.84. The Hall–Kier alpha value is -2.14. The summed E-state index contributed by atoms with van der Waals surface area (Å²) in [6.45, 7) is 4.07. The van der Waals surface area contributed by atoms with Crippen molar-refractivity contribution in [2.45, 2.75) is 13.8 Å². The highest BCUT2D eigenvalue weighted by atomic mass is 32.1. The SMILES string of the molecule is Cc1ccc(-c2c(-c3cnc(C)s3)nn(C)c2N)cc1. The van der Waals surface area contributed by atoms with Gasteiger partial charge in [0.15, 0.2) is 0 Å². The highest BCUT2D eigenvalue weighted by molar-refractivity contribution is 7.15. The van der Waals surface area contributed by atoms with Crippen molar-refractivity contribution in [3.05, 3.63) is 41.0 Å². The zero-order valence-corrected chi connectivity index (χ0v) is 12.5. The van der Waals surface area contributed by atoms with Gasteiger partial charge in [0.2, 0.25) is 0 Å². The fourth-order valence-corrected chi connectivity index (χ4v) is 2.95. The van der Waals surface area contributed by atoms with Crippen molar-refractivity contribution in [3.8, 4) is 21.7 Å². The number of nitrogens with zero attached hydrogens (tertiary/aromatic N) is 3. The first-order valence-corrected chi connectivity index (χ1v) is 7.20. The molecule has 0 fully saturated rings. The van der Waals surface area contributed by atoms with E-state index < -0.39 is 0 Å². The number of rotatable bonds is 2. The fourth-order valence-electron chi connectivity index (χ4n) is 2.19. The Morgan fingerprint density at radius 2 is 1.85 bits per heavy atom. The minimum atomic E-state index is 0.676. The van der Waals surface area contributed by atoms with Gasteiger partial charge in [0.05, 0.1) is 15.4 Å². The molecule has 1 aromatic carbocycles. The van der Waals surface area contributed by atoms with Crippen molar-refractivity contribution in [2.75, 3.05) is 5.73 Å². The van der Waals surface area contributed by atoms with Crippen LogP contribution >= 0.6 is 11.3 Å². The van der Waals surface area contributed by atoms with Crippen molar-refractivity contribution in [3.63, 3.8) is 0 Å². The van der Waals surface area contributed by atoms with E-state index in [9.17, 15) is 0 Å². The van der Waals surface area contributed by atoms with Gasteiger partial charge in [-0.1, -0.05) is 29.8 Å². The van der Waals surface area contributed by atoms with Crippen LogP contribution in [0.3, 0.4) is 0 Å². The van der Waals surface area contributed by atoms with E-state index in [1.807, 2.05) is 20.2 Å². The first kappa shape index (κ1) is 12.9. The van der Waals surface area contributed by atoms with Crippen molar-refractivity contribution in [2.24, 2.45) is 7.05 Å². The largest absolute Gasteiger partial charge is 0.383 e. The molecule has 0 spiro atoms. The average molecular weight is 284 g/mol. The lowest BCUT2D eigenvalue weighted by atomic mass is 10.0. The van der Waals surface area contributed by atoms with E-state index in [4.69, 9.17) is 5.73 Å². The lowest BCUT2D eigenvalue weighted by Gasteiger charge is -2.03. The van der Waals surface area contributed by atoms with E-state index in [0.29, 0.717) is 5.82 Å². The van der Waals surface area contributed by atoms with Gasteiger partial charge in [0.1, 0.15) is 11.5 Å². The van der Waals surface area contributed by atoms with Crippen LogP contribution in [0.5, 0.6) is 0 Å². The first-order chi connectivity index (χ1) is 9.56. The summed E-state index contributed by atoms with van der Waals surface area (Å²) in [4.78, 5) is 5.36. The summed E-state index contributed by atoms with van der Waals surface area (Å²) in [5, 5.41) is 5.58. The minimum absolute atomic E-state index is 0.676. The molecule has 20 heavy (non-hydrogen) atoms. The minimum Gasteiger partial charge on any atom is -0.383 e. The Labute approximate surface area is 121 Å². The summed E-state index contributed by atoms with van der Waals surface area (Å²) in [6.07, 6.45) is 1.86. The number of hydrogen-bond acceptors (Lipinski definition) is 4. The molecule has 3 rings (SSSR count). The predicted molar refractivity (Wildman–Crippen MR) is 83.6 cm³/mol. The molecule has 2 N–H and O–H groups in total. The molecule has 5 heteroatoms. The predicted octanol–water partition coefficient (Wildman–Crippen LogP) is 3.41. The molecule has 0 bridgehead atoms. The van der Waals surface area contributed by atoms with E-state index >= 15 is 0 Å². The molecule has 2 heterocycles. The van der Waals surface area contributed by atoms with Gasteiger partial charge in [0, 0.05) is 13.2 Å². The van der Waals surface area contributed by atoms with Gasteiger partial charge < -0.3 is 5.73 Å². The van der Waals surface area contributed by atoms with Crippen LogP contribution in [0.4, 0.5) is 5.82 Å². The normalized spacial score (nSPS) is 10.9. The molecule has 0 atom stereocenters. The van der Waals surface area contributed by atoms with Gasteiger partial charge in [-0.05, 0) is 19.4 Å². The molecule has 102 valence electrons. The molecule has 3 aromatic rings. The Bertz CT molecular complexity index is 753. The van der Waals surface area contributed by atoms with E-state index in [1.54, 1.807) is 16.0 Å². The van der Waals surface area contributed by atoms with Crippen LogP contribution in [0, 0.1) is 13.8 Å². The number of aromatic nitrogens is 3. The number of nitrogen functional groups attached to an aromatic ring is 1. The molecule has 2 aromatic heterocycles. The zero-order valence-electron chi connectivity index (χ0n) is 11.7. The second-order valence-corrected chi connectivity index (χ2v) is 6.08. The van der Waals surface area contributed by atoms with Crippen molar-refractivity contribution < 1.29 is 0 Å². The molecule has 4 nitrogen and oxygen atoms in total. The Morgan fingerprint density at radius 1 is 1.15 bits per heavy atom. The maximum absolute atomic E-state index is 6.20. The highest BCUT2D eigenvalue weighted by Crippen LogP contribution is 2.37. The van der Waals surface area contributed by atoms with E-state index in [-0.39, 0.29) is 0 Å². The zero-order chi connectivity index (χ0) is 14.3. The van der Waals surface area contributed by atoms with E-state index in [1.165, 1.54) is 5.56 Å². The lowest BCUT2D eigenvalue weighted by molar-refractivity contribution is 0.783. The van der Waals surface area contributed by atoms with Crippen LogP contribution in [-0.2, 0) is 7.05 Å². The standard InChI is InChI=1S/C15H16N4S/c1-9-4-6-11(7-5-9)13-14(18-19(3)15(13)16)12-8-17-10(2)20-12/h4-8H,16H2,1-3H3. The molecular weight excluding hydrogens is 268 g/mol. The van der Waals surface area contributed by atoms with Crippen molar-refractivity contribution in [1.29, 1.82) is 0 Å². The van der Waals surface area contributed by atoms with Gasteiger partial charge >= 0.3 is 0 Å². The first-order valence-electron chi connectivity index (χ1n) is 6.38. The number of aryl methyl sites for hydroxylation is 3. The smallest absolute Gasteiger partial charge is 0.129 e. The Balaban J connectivity index is 2.21. The summed E-state index contributed by atoms with van der Waals surface area (Å²) in [6, 6.07) is 8.34. The van der Waals surface area contributed by atoms with Crippen molar-refractivity contribution >= 4 is 17.2 Å². The van der Waals surface area contributed by atoms with Crippen LogP contribution in [0.15, 0.2) is 30.5 Å². The summed E-state index contributed by atoms with van der Waals surface area (Å²) < 4.78 is 1.72. The molecule has 0 radical (unpaired) electrons. The second kappa shape index (κ2) is 4.76. The number of benzene rings is 1. The molecule has 0 amide bonds. The van der Waals surface area contributed by atoms with Gasteiger partial charge in [-0.15, -0.1) is 11.3 Å². The van der Waals surface area contributed by atoms with Gasteiger partial charge in [-0.2, -0.15) is 5.10 Å². The van der Waals surface area contributed by atoms with Gasteiger partial charge in [0.25, 0.3) is 0 Å². The Kier molecular flexibility index (Phi) is 3.06. The van der Waals surface area contributed by atoms with Crippen molar-refractivity contribution in [1.82, 2.24) is 14.8 Å². The van der Waals surface area contributed by atoms with Crippen LogP contribution < -0.4 is 5.73 Å². The topological polar surface area (TPSA) is 56.7 Å². The maximum Gasteiger partial charge on any atom is 0.129 e. The van der Waals surface area contributed by atoms with Crippen LogP contribution in [-0.4, -0.2) is 14.8 Å². The molecule has 0 saturated heterocycles. The van der Waals surface area contributed by atoms with Crippen LogP contribution in [0.1, 0.15) is 10.6 Å². The summed E-state index contributed by atoms with van der Waals surface area (Å²) in [5.74, 6) is 0.676. The Morgan fingerprint density at radius 3 is 2.45 bits per heavy atom. The van der Waals surface area contributed by atoms with Crippen LogP contribution in [0.25, 0.3) is 21.7 Å². The average Bonchev–Trinajstić information content (AvgIpc) is 2.97. The quantitative estimate of drug-likeness (QED) is 0.784. The third-order valence-corrected chi connectivity index (χ3v) is 4.21. The molecule has 0 aliphatic carbocycles. The monoisotopic (exact) mass is 284 g/mol. The summed E-state index contributed by atoms with van der Waals surface area (Å²) >= 11 is 1.63. The fraction of sp³-hybridized carbons (Fsp3) is 0.200. The van der Waals surface area contributed by atoms with Crippen LogP contribution in [0.2, 0.25) is 0 Å². The number of thiazole rings is 1. The number of hydrogen-bond donors (Lipinski definition) is 1. The molecule has 0 saturated carbocycles. The third kappa shape index (κ3) is 2.10. The third-order valence-electron chi connectivity index (χ3n) is 3.29. The van der Waals surface area contributed by atoms with E-state index in [2.05, 4.69) is 41.3 Å². The molecule has 0 unspecified atom stereocenters. The molecule has 0 aliphatic rings. The number of anilines is 1.